The van der Waals surface area contributed by atoms with Crippen LogP contribution in [0.1, 0.15) is 35.0 Å². The molecule has 10 heteroatoms. The number of carboxylic acids is 1. The molecule has 32 heavy (non-hydrogen) atoms. The maximum Gasteiger partial charge on any atom is 0.322 e. The molecular formula is C22H21FN4O5. The van der Waals surface area contributed by atoms with E-state index in [2.05, 4.69) is 15.4 Å². The van der Waals surface area contributed by atoms with Crippen LogP contribution < -0.4 is 10.9 Å². The molecule has 3 aromatic rings. The van der Waals surface area contributed by atoms with Gasteiger partial charge in [0.05, 0.1) is 6.54 Å². The fraction of sp³-hybridized carbons (Fsp3) is 0.227. The average Bonchev–Trinajstić information content (AvgIpc) is 2.77. The first-order valence-electron chi connectivity index (χ1n) is 9.83. The van der Waals surface area contributed by atoms with Crippen LogP contribution in [0, 0.1) is 5.82 Å². The van der Waals surface area contributed by atoms with Crippen LogP contribution in [0.15, 0.2) is 47.5 Å². The SMILES string of the molecule is CCCc1nn(Cc2ccc(-c3ccncc3)cc2F)c(=O)c(C(=O)NCC(=O)O)c1O. The standard InChI is InChI=1S/C22H21FN4O5/c1-2-3-17-20(30)19(21(31)25-11-18(28)29)22(32)27(26-17)12-15-5-4-14(10-16(15)23)13-6-8-24-9-7-13/h4-10,30H,2-3,11-12H2,1H3,(H,25,31)(H,28,29). The van der Waals surface area contributed by atoms with Crippen LogP contribution >= 0.6 is 0 Å². The molecule has 0 saturated carbocycles. The highest BCUT2D eigenvalue weighted by molar-refractivity contribution is 5.98. The Kier molecular flexibility index (Phi) is 6.93. The van der Waals surface area contributed by atoms with Gasteiger partial charge in [0, 0.05) is 18.0 Å². The number of benzene rings is 1. The molecule has 0 aliphatic heterocycles. The number of carbonyl (C=O) groups excluding carboxylic acids is 1. The van der Waals surface area contributed by atoms with Crippen molar-refractivity contribution in [2.45, 2.75) is 26.3 Å². The van der Waals surface area contributed by atoms with E-state index in [1.165, 1.54) is 12.1 Å². The van der Waals surface area contributed by atoms with Crippen molar-refractivity contribution < 1.29 is 24.2 Å². The van der Waals surface area contributed by atoms with E-state index in [0.29, 0.717) is 12.0 Å². The van der Waals surface area contributed by atoms with Gasteiger partial charge in [-0.15, -0.1) is 0 Å². The predicted molar refractivity (Wildman–Crippen MR) is 113 cm³/mol. The molecular weight excluding hydrogens is 419 g/mol. The largest absolute Gasteiger partial charge is 0.505 e. The number of amides is 1. The van der Waals surface area contributed by atoms with E-state index in [-0.39, 0.29) is 24.2 Å². The van der Waals surface area contributed by atoms with Crippen molar-refractivity contribution in [2.24, 2.45) is 0 Å². The molecule has 0 aliphatic rings. The first kappa shape index (κ1) is 22.6. The Morgan fingerprint density at radius 1 is 1.16 bits per heavy atom. The summed E-state index contributed by atoms with van der Waals surface area (Å²) >= 11 is 0. The highest BCUT2D eigenvalue weighted by atomic mass is 19.1. The van der Waals surface area contributed by atoms with Crippen molar-refractivity contribution in [1.29, 1.82) is 0 Å². The van der Waals surface area contributed by atoms with Crippen LogP contribution in [0.5, 0.6) is 5.75 Å². The number of aliphatic carboxylic acids is 1. The lowest BCUT2D eigenvalue weighted by Crippen LogP contribution is -2.37. The van der Waals surface area contributed by atoms with Crippen molar-refractivity contribution >= 4 is 11.9 Å². The molecule has 0 atom stereocenters. The number of aryl methyl sites for hydroxylation is 1. The normalized spacial score (nSPS) is 10.7. The second-order valence-electron chi connectivity index (χ2n) is 7.00. The summed E-state index contributed by atoms with van der Waals surface area (Å²) in [5.41, 5.74) is 0.0539. The van der Waals surface area contributed by atoms with Gasteiger partial charge in [0.15, 0.2) is 5.75 Å². The van der Waals surface area contributed by atoms with Crippen molar-refractivity contribution in [3.8, 4) is 16.9 Å². The van der Waals surface area contributed by atoms with Gasteiger partial charge in [-0.3, -0.25) is 19.4 Å². The molecule has 0 bridgehead atoms. The fourth-order valence-electron chi connectivity index (χ4n) is 3.14. The third kappa shape index (κ3) is 4.97. The maximum atomic E-state index is 14.8. The van der Waals surface area contributed by atoms with Gasteiger partial charge >= 0.3 is 5.97 Å². The van der Waals surface area contributed by atoms with Crippen LogP contribution in [-0.2, 0) is 17.8 Å². The van der Waals surface area contributed by atoms with Gasteiger partial charge in [-0.05, 0) is 35.7 Å². The number of nitrogens with one attached hydrogen (secondary N) is 1. The molecule has 0 saturated heterocycles. The second kappa shape index (κ2) is 9.82. The summed E-state index contributed by atoms with van der Waals surface area (Å²) in [6, 6.07) is 7.99. The lowest BCUT2D eigenvalue weighted by molar-refractivity contribution is -0.135. The maximum absolute atomic E-state index is 14.8. The molecule has 3 N–H and O–H groups in total. The van der Waals surface area contributed by atoms with Crippen molar-refractivity contribution in [1.82, 2.24) is 20.1 Å². The summed E-state index contributed by atoms with van der Waals surface area (Å²) in [6.07, 6.45) is 4.00. The molecule has 0 aliphatic carbocycles. The molecule has 3 rings (SSSR count). The fourth-order valence-corrected chi connectivity index (χ4v) is 3.14. The smallest absolute Gasteiger partial charge is 0.322 e. The van der Waals surface area contributed by atoms with Gasteiger partial charge in [-0.1, -0.05) is 25.5 Å². The number of halogens is 1. The molecule has 0 spiro atoms. The van der Waals surface area contributed by atoms with E-state index in [9.17, 15) is 23.9 Å². The average molecular weight is 440 g/mol. The van der Waals surface area contributed by atoms with Crippen LogP contribution in [0.4, 0.5) is 4.39 Å². The number of hydrogen-bond donors (Lipinski definition) is 3. The second-order valence-corrected chi connectivity index (χ2v) is 7.00. The Balaban J connectivity index is 1.99. The van der Waals surface area contributed by atoms with Crippen molar-refractivity contribution in [3.63, 3.8) is 0 Å². The minimum absolute atomic E-state index is 0.0846. The first-order valence-corrected chi connectivity index (χ1v) is 9.83. The summed E-state index contributed by atoms with van der Waals surface area (Å²) in [6.45, 7) is 0.809. The van der Waals surface area contributed by atoms with Crippen molar-refractivity contribution in [2.75, 3.05) is 6.54 Å². The molecule has 166 valence electrons. The number of carbonyl (C=O) groups is 2. The van der Waals surface area contributed by atoms with Crippen LogP contribution in [0.25, 0.3) is 11.1 Å². The molecule has 0 unspecified atom stereocenters. The summed E-state index contributed by atoms with van der Waals surface area (Å²) in [4.78, 5) is 39.9. The highest BCUT2D eigenvalue weighted by Crippen LogP contribution is 2.23. The Morgan fingerprint density at radius 3 is 2.50 bits per heavy atom. The van der Waals surface area contributed by atoms with Crippen LogP contribution in [0.3, 0.4) is 0 Å². The van der Waals surface area contributed by atoms with Crippen LogP contribution in [0.2, 0.25) is 0 Å². The Labute approximate surface area is 182 Å². The van der Waals surface area contributed by atoms with E-state index < -0.39 is 41.1 Å². The van der Waals surface area contributed by atoms with E-state index in [4.69, 9.17) is 5.11 Å². The number of aromatic nitrogens is 3. The Morgan fingerprint density at radius 2 is 1.88 bits per heavy atom. The Bertz CT molecular complexity index is 1210. The van der Waals surface area contributed by atoms with Crippen LogP contribution in [-0.4, -0.2) is 43.4 Å². The summed E-state index contributed by atoms with van der Waals surface area (Å²) in [5, 5.41) is 25.3. The molecule has 1 aromatic carbocycles. The van der Waals surface area contributed by atoms with E-state index in [1.54, 1.807) is 30.6 Å². The van der Waals surface area contributed by atoms with Gasteiger partial charge in [-0.2, -0.15) is 5.10 Å². The lowest BCUT2D eigenvalue weighted by Gasteiger charge is -2.13. The van der Waals surface area contributed by atoms with Gasteiger partial charge in [0.2, 0.25) is 0 Å². The first-order chi connectivity index (χ1) is 15.3. The zero-order chi connectivity index (χ0) is 23.3. The van der Waals surface area contributed by atoms with Gasteiger partial charge < -0.3 is 15.5 Å². The molecule has 2 heterocycles. The topological polar surface area (TPSA) is 134 Å². The number of pyridine rings is 1. The minimum Gasteiger partial charge on any atom is -0.505 e. The lowest BCUT2D eigenvalue weighted by atomic mass is 10.0. The molecule has 0 fully saturated rings. The number of rotatable bonds is 8. The Hall–Kier alpha value is -4.08. The van der Waals surface area contributed by atoms with Gasteiger partial charge in [0.25, 0.3) is 11.5 Å². The summed E-state index contributed by atoms with van der Waals surface area (Å²) in [7, 11) is 0. The van der Waals surface area contributed by atoms with E-state index in [1.807, 2.05) is 6.92 Å². The highest BCUT2D eigenvalue weighted by Gasteiger charge is 2.23. The third-order valence-electron chi connectivity index (χ3n) is 4.70. The van der Waals surface area contributed by atoms with E-state index >= 15 is 0 Å². The number of aromatic hydroxyl groups is 1. The minimum atomic E-state index is -1.31. The molecule has 2 aromatic heterocycles. The monoisotopic (exact) mass is 440 g/mol. The molecule has 9 nitrogen and oxygen atoms in total. The molecule has 0 radical (unpaired) electrons. The van der Waals surface area contributed by atoms with E-state index in [0.717, 1.165) is 10.2 Å². The third-order valence-corrected chi connectivity index (χ3v) is 4.70. The quantitative estimate of drug-likeness (QED) is 0.487. The van der Waals surface area contributed by atoms with Gasteiger partial charge in [0.1, 0.15) is 23.6 Å². The summed E-state index contributed by atoms with van der Waals surface area (Å²) in [5.74, 6) is -3.53. The zero-order valence-corrected chi connectivity index (χ0v) is 17.2. The number of hydrogen-bond acceptors (Lipinski definition) is 6. The van der Waals surface area contributed by atoms with Crippen molar-refractivity contribution in [3.05, 3.63) is 75.7 Å². The molecule has 1 amide bonds. The van der Waals surface area contributed by atoms with Gasteiger partial charge in [-0.25, -0.2) is 9.07 Å². The number of nitrogens with zero attached hydrogens (tertiary/aromatic N) is 3. The summed E-state index contributed by atoms with van der Waals surface area (Å²) < 4.78 is 15.7. The number of carboxylic acid groups (broad SMARTS) is 1. The zero-order valence-electron chi connectivity index (χ0n) is 17.2. The predicted octanol–water partition coefficient (Wildman–Crippen LogP) is 1.97.